The molecule has 0 saturated heterocycles. The number of alkyl halides is 10. The van der Waals surface area contributed by atoms with Gasteiger partial charge in [0.05, 0.1) is 5.83 Å². The molecule has 3 atom stereocenters. The molecule has 0 N–H and O–H groups in total. The van der Waals surface area contributed by atoms with E-state index in [0.29, 0.717) is 20.8 Å². The number of hydrogen-bond donors (Lipinski definition) is 0. The Bertz CT molecular complexity index is 633. The third-order valence-electron chi connectivity index (χ3n) is 7.13. The van der Waals surface area contributed by atoms with Crippen LogP contribution in [0.1, 0.15) is 54.9 Å². The summed E-state index contributed by atoms with van der Waals surface area (Å²) >= 11 is 0. The van der Waals surface area contributed by atoms with Crippen molar-refractivity contribution in [2.45, 2.75) is 85.0 Å². The van der Waals surface area contributed by atoms with Crippen LogP contribution in [0.15, 0.2) is 12.4 Å². The van der Waals surface area contributed by atoms with Crippen molar-refractivity contribution in [1.29, 1.82) is 0 Å². The molecule has 0 fully saturated rings. The number of rotatable bonds is 9. The van der Waals surface area contributed by atoms with Crippen LogP contribution in [0.2, 0.25) is 0 Å². The van der Waals surface area contributed by atoms with E-state index in [2.05, 4.69) is 6.58 Å². The number of allylic oxidation sites excluding steroid dienone is 1. The fraction of sp³-hybridized carbons (Fsp3) is 0.895. The van der Waals surface area contributed by atoms with Crippen molar-refractivity contribution in [2.24, 2.45) is 22.2 Å². The first-order valence-electron chi connectivity index (χ1n) is 8.99. The second-order valence-electron chi connectivity index (χ2n) is 8.87. The van der Waals surface area contributed by atoms with Crippen molar-refractivity contribution in [3.8, 4) is 0 Å². The third-order valence-corrected chi connectivity index (χ3v) is 7.13. The molecule has 0 amide bonds. The summed E-state index contributed by atoms with van der Waals surface area (Å²) in [5, 5.41) is 0. The second-order valence-corrected chi connectivity index (χ2v) is 8.87. The number of halogens is 11. The summed E-state index contributed by atoms with van der Waals surface area (Å²) in [6.07, 6.45) is -12.0. The van der Waals surface area contributed by atoms with E-state index in [4.69, 9.17) is 0 Å². The maximum Gasteiger partial charge on any atom is 0.428 e. The van der Waals surface area contributed by atoms with Gasteiger partial charge in [-0.2, -0.15) is 22.0 Å². The highest BCUT2D eigenvalue weighted by molar-refractivity contribution is 5.19. The van der Waals surface area contributed by atoms with Gasteiger partial charge in [0.15, 0.2) is 0 Å². The smallest absolute Gasteiger partial charge is 0.227 e. The highest BCUT2D eigenvalue weighted by Gasteiger charge is 2.83. The first-order valence-corrected chi connectivity index (χ1v) is 8.99. The molecular formula is C19H27F11. The van der Waals surface area contributed by atoms with Crippen molar-refractivity contribution < 1.29 is 48.3 Å². The van der Waals surface area contributed by atoms with Gasteiger partial charge in [0.2, 0.25) is 0 Å². The molecule has 180 valence electrons. The molecular weight excluding hydrogens is 437 g/mol. The van der Waals surface area contributed by atoms with Crippen LogP contribution in [0, 0.1) is 22.2 Å². The molecule has 0 aliphatic carbocycles. The molecule has 0 bridgehead atoms. The summed E-state index contributed by atoms with van der Waals surface area (Å²) in [6, 6.07) is 0. The molecule has 0 radical (unpaired) electrons. The topological polar surface area (TPSA) is 0 Å². The average Bonchev–Trinajstić information content (AvgIpc) is 2.57. The standard InChI is InChI=1S/C19H27F11/c1-9-15(8,17(24,25)12(21)22)14(6,7)18(26,27)16(23,19(28,29)30)10(2)13(4,5)11(3)20/h10,12H,3,9H2,1-2,4-8H3. The van der Waals surface area contributed by atoms with Crippen LogP contribution in [0.4, 0.5) is 48.3 Å². The van der Waals surface area contributed by atoms with Gasteiger partial charge < -0.3 is 0 Å². The van der Waals surface area contributed by atoms with Crippen LogP contribution in [-0.4, -0.2) is 30.1 Å². The maximum atomic E-state index is 15.6. The van der Waals surface area contributed by atoms with E-state index in [1.54, 1.807) is 0 Å². The van der Waals surface area contributed by atoms with Gasteiger partial charge in [0.25, 0.3) is 11.6 Å². The molecule has 0 saturated carbocycles. The monoisotopic (exact) mass is 464 g/mol. The molecule has 0 spiro atoms. The zero-order valence-electron chi connectivity index (χ0n) is 17.7. The van der Waals surface area contributed by atoms with Crippen LogP contribution < -0.4 is 0 Å². The summed E-state index contributed by atoms with van der Waals surface area (Å²) in [4.78, 5) is 0. The first-order chi connectivity index (χ1) is 12.9. The molecule has 0 aromatic heterocycles. The molecule has 0 heterocycles. The van der Waals surface area contributed by atoms with E-state index >= 15 is 13.2 Å². The minimum absolute atomic E-state index is 0.177. The van der Waals surface area contributed by atoms with Gasteiger partial charge in [-0.3, -0.25) is 0 Å². The zero-order chi connectivity index (χ0) is 24.9. The molecule has 0 aromatic rings. The number of hydrogen-bond acceptors (Lipinski definition) is 0. The van der Waals surface area contributed by atoms with E-state index in [1.165, 1.54) is 0 Å². The molecule has 0 rings (SSSR count). The predicted molar refractivity (Wildman–Crippen MR) is 91.2 cm³/mol. The van der Waals surface area contributed by atoms with Crippen molar-refractivity contribution in [2.75, 3.05) is 0 Å². The van der Waals surface area contributed by atoms with Crippen LogP contribution in [0.3, 0.4) is 0 Å². The fourth-order valence-electron chi connectivity index (χ4n) is 3.56. The van der Waals surface area contributed by atoms with Crippen LogP contribution in [0.5, 0.6) is 0 Å². The quantitative estimate of drug-likeness (QED) is 0.301. The Morgan fingerprint density at radius 2 is 1.20 bits per heavy atom. The van der Waals surface area contributed by atoms with E-state index in [-0.39, 0.29) is 20.8 Å². The Kier molecular flexibility index (Phi) is 7.56. The molecule has 0 aromatic carbocycles. The van der Waals surface area contributed by atoms with Crippen molar-refractivity contribution in [3.63, 3.8) is 0 Å². The van der Waals surface area contributed by atoms with Crippen molar-refractivity contribution in [1.82, 2.24) is 0 Å². The van der Waals surface area contributed by atoms with E-state index in [9.17, 15) is 35.1 Å². The fourth-order valence-corrected chi connectivity index (χ4v) is 3.56. The lowest BCUT2D eigenvalue weighted by molar-refractivity contribution is -0.377. The van der Waals surface area contributed by atoms with Gasteiger partial charge in [-0.1, -0.05) is 55.0 Å². The third kappa shape index (κ3) is 3.61. The lowest BCUT2D eigenvalue weighted by Gasteiger charge is -2.56. The van der Waals surface area contributed by atoms with Gasteiger partial charge in [0.1, 0.15) is 0 Å². The van der Waals surface area contributed by atoms with Crippen molar-refractivity contribution in [3.05, 3.63) is 12.4 Å². The first kappa shape index (κ1) is 29.0. The molecule has 11 heteroatoms. The minimum Gasteiger partial charge on any atom is -0.227 e. The Balaban J connectivity index is 7.19. The summed E-state index contributed by atoms with van der Waals surface area (Å²) < 4.78 is 156. The van der Waals surface area contributed by atoms with E-state index in [1.807, 2.05) is 0 Å². The van der Waals surface area contributed by atoms with Gasteiger partial charge in [-0.05, 0) is 6.42 Å². The summed E-state index contributed by atoms with van der Waals surface area (Å²) in [5.74, 6) is -15.3. The molecule has 30 heavy (non-hydrogen) atoms. The highest BCUT2D eigenvalue weighted by Crippen LogP contribution is 2.67. The SMILES string of the molecule is C=C(F)C(C)(C)C(C)C(F)(C(F)(F)F)C(F)(F)C(C)(C)C(C)(CC)C(F)(F)C(F)F. The zero-order valence-corrected chi connectivity index (χ0v) is 17.7. The van der Waals surface area contributed by atoms with Crippen molar-refractivity contribution >= 4 is 0 Å². The lowest BCUT2D eigenvalue weighted by Crippen LogP contribution is -2.71. The molecule has 0 aliphatic heterocycles. The Morgan fingerprint density at radius 1 is 0.833 bits per heavy atom. The minimum atomic E-state index is -6.37. The lowest BCUT2D eigenvalue weighted by atomic mass is 9.53. The maximum absolute atomic E-state index is 15.6. The molecule has 0 aliphatic rings. The second kappa shape index (κ2) is 7.83. The summed E-state index contributed by atoms with van der Waals surface area (Å²) in [5.41, 5.74) is -15.2. The highest BCUT2D eigenvalue weighted by atomic mass is 19.4. The predicted octanol–water partition coefficient (Wildman–Crippen LogP) is 8.38. The largest absolute Gasteiger partial charge is 0.428 e. The Hall–Kier alpha value is -1.03. The van der Waals surface area contributed by atoms with Crippen LogP contribution in [-0.2, 0) is 0 Å². The summed E-state index contributed by atoms with van der Waals surface area (Å²) in [7, 11) is 0. The van der Waals surface area contributed by atoms with Crippen LogP contribution >= 0.6 is 0 Å². The van der Waals surface area contributed by atoms with Gasteiger partial charge in [-0.15, -0.1) is 0 Å². The average molecular weight is 464 g/mol. The molecule has 0 nitrogen and oxygen atoms in total. The Morgan fingerprint density at radius 3 is 1.43 bits per heavy atom. The van der Waals surface area contributed by atoms with E-state index < -0.39 is 64.5 Å². The van der Waals surface area contributed by atoms with Gasteiger partial charge >= 0.3 is 18.5 Å². The Labute approximate surface area is 168 Å². The normalized spacial score (nSPS) is 20.0. The van der Waals surface area contributed by atoms with Crippen LogP contribution in [0.25, 0.3) is 0 Å². The van der Waals surface area contributed by atoms with E-state index in [0.717, 1.165) is 6.92 Å². The summed E-state index contributed by atoms with van der Waals surface area (Å²) in [6.45, 7) is 5.89. The molecule has 3 unspecified atom stereocenters. The van der Waals surface area contributed by atoms with Gasteiger partial charge in [-0.25, -0.2) is 26.3 Å². The van der Waals surface area contributed by atoms with Gasteiger partial charge in [0, 0.05) is 22.2 Å².